The van der Waals surface area contributed by atoms with Gasteiger partial charge in [-0.1, -0.05) is 17.7 Å². The maximum Gasteiger partial charge on any atom is 0.253 e. The van der Waals surface area contributed by atoms with E-state index in [4.69, 9.17) is 11.6 Å². The predicted octanol–water partition coefficient (Wildman–Crippen LogP) is 3.75. The number of rotatable bonds is 2. The van der Waals surface area contributed by atoms with Crippen molar-refractivity contribution in [2.24, 2.45) is 0 Å². The Morgan fingerprint density at radius 1 is 1.14 bits per heavy atom. The van der Waals surface area contributed by atoms with Gasteiger partial charge in [-0.05, 0) is 36.4 Å². The van der Waals surface area contributed by atoms with Crippen LogP contribution in [0.1, 0.15) is 0 Å². The Labute approximate surface area is 123 Å². The second-order valence-corrected chi connectivity index (χ2v) is 5.02. The van der Waals surface area contributed by atoms with E-state index in [1.807, 2.05) is 6.07 Å². The first kappa shape index (κ1) is 12.2. The number of nitrogens with one attached hydrogen (secondary N) is 2. The summed E-state index contributed by atoms with van der Waals surface area (Å²) in [6.07, 6.45) is 0. The molecule has 0 saturated carbocycles. The largest absolute Gasteiger partial charge is 0.324 e. The molecule has 21 heavy (non-hydrogen) atoms. The molecule has 0 atom stereocenters. The lowest BCUT2D eigenvalue weighted by Crippen LogP contribution is -1.94. The van der Waals surface area contributed by atoms with Crippen molar-refractivity contribution >= 4 is 40.0 Å². The zero-order chi connectivity index (χ0) is 14.4. The van der Waals surface area contributed by atoms with Gasteiger partial charge in [-0.2, -0.15) is 4.98 Å². The third-order valence-electron chi connectivity index (χ3n) is 3.12. The van der Waals surface area contributed by atoms with E-state index in [2.05, 4.69) is 20.4 Å². The van der Waals surface area contributed by atoms with Crippen LogP contribution >= 0.6 is 11.6 Å². The maximum atomic E-state index is 13.2. The highest BCUT2D eigenvalue weighted by Crippen LogP contribution is 2.21. The Morgan fingerprint density at radius 3 is 2.90 bits per heavy atom. The average Bonchev–Trinajstić information content (AvgIpc) is 2.95. The van der Waals surface area contributed by atoms with Crippen molar-refractivity contribution in [3.63, 3.8) is 0 Å². The molecular formula is C14H9ClFN5. The summed E-state index contributed by atoms with van der Waals surface area (Å²) in [6.45, 7) is 0. The molecule has 0 unspecified atom stereocenters. The van der Waals surface area contributed by atoms with Crippen LogP contribution in [0.4, 0.5) is 16.0 Å². The highest BCUT2D eigenvalue weighted by Gasteiger charge is 2.10. The van der Waals surface area contributed by atoms with Crippen molar-refractivity contribution in [3.05, 3.63) is 53.3 Å². The number of halogens is 2. The lowest BCUT2D eigenvalue weighted by molar-refractivity contribution is 0.628. The Bertz CT molecular complexity index is 958. The van der Waals surface area contributed by atoms with Crippen LogP contribution in [0.3, 0.4) is 0 Å². The number of hydrogen-bond donors (Lipinski definition) is 2. The molecule has 4 rings (SSSR count). The van der Waals surface area contributed by atoms with Crippen LogP contribution in [0.5, 0.6) is 0 Å². The second kappa shape index (κ2) is 4.46. The van der Waals surface area contributed by atoms with Gasteiger partial charge >= 0.3 is 0 Å². The van der Waals surface area contributed by atoms with Gasteiger partial charge < -0.3 is 5.32 Å². The topological polar surface area (TPSA) is 58.0 Å². The number of benzene rings is 2. The maximum absolute atomic E-state index is 13.2. The van der Waals surface area contributed by atoms with Crippen LogP contribution in [0.15, 0.2) is 42.5 Å². The molecule has 2 heterocycles. The lowest BCUT2D eigenvalue weighted by Gasteiger charge is -2.01. The Morgan fingerprint density at radius 2 is 2.05 bits per heavy atom. The molecular weight excluding hydrogens is 293 g/mol. The molecule has 0 amide bonds. The Kier molecular flexibility index (Phi) is 2.58. The van der Waals surface area contributed by atoms with Gasteiger partial charge in [0, 0.05) is 10.7 Å². The summed E-state index contributed by atoms with van der Waals surface area (Å²) in [5.74, 6) is 0.697. The average molecular weight is 302 g/mol. The molecule has 0 spiro atoms. The minimum Gasteiger partial charge on any atom is -0.324 e. The van der Waals surface area contributed by atoms with Crippen LogP contribution < -0.4 is 5.32 Å². The van der Waals surface area contributed by atoms with E-state index in [-0.39, 0.29) is 5.82 Å². The molecule has 0 aliphatic heterocycles. The first-order valence-electron chi connectivity index (χ1n) is 6.25. The summed E-state index contributed by atoms with van der Waals surface area (Å²) < 4.78 is 14.9. The fourth-order valence-corrected chi connectivity index (χ4v) is 2.38. The van der Waals surface area contributed by atoms with Crippen molar-refractivity contribution in [1.82, 2.24) is 19.6 Å². The summed E-state index contributed by atoms with van der Waals surface area (Å²) in [5, 5.41) is 6.70. The van der Waals surface area contributed by atoms with Gasteiger partial charge in [0.05, 0.1) is 11.0 Å². The van der Waals surface area contributed by atoms with Gasteiger partial charge in [0.15, 0.2) is 0 Å². The lowest BCUT2D eigenvalue weighted by atomic mass is 10.3. The third kappa shape index (κ3) is 2.09. The zero-order valence-corrected chi connectivity index (χ0v) is 11.4. The smallest absolute Gasteiger partial charge is 0.253 e. The van der Waals surface area contributed by atoms with E-state index >= 15 is 0 Å². The van der Waals surface area contributed by atoms with Crippen molar-refractivity contribution < 1.29 is 4.39 Å². The van der Waals surface area contributed by atoms with Crippen LogP contribution in [0.2, 0.25) is 5.02 Å². The molecule has 0 saturated heterocycles. The monoisotopic (exact) mass is 301 g/mol. The molecule has 4 aromatic rings. The fourth-order valence-electron chi connectivity index (χ4n) is 2.22. The Balaban J connectivity index is 1.77. The van der Waals surface area contributed by atoms with Crippen LogP contribution in [0, 0.1) is 5.82 Å². The molecule has 0 aliphatic rings. The van der Waals surface area contributed by atoms with Crippen molar-refractivity contribution in [2.75, 3.05) is 5.32 Å². The van der Waals surface area contributed by atoms with E-state index in [0.29, 0.717) is 22.4 Å². The zero-order valence-electron chi connectivity index (χ0n) is 10.6. The summed E-state index contributed by atoms with van der Waals surface area (Å²) in [6, 6.07) is 11.6. The number of H-pyrrole nitrogens is 1. The number of fused-ring (bicyclic) bond motifs is 3. The summed E-state index contributed by atoms with van der Waals surface area (Å²) in [4.78, 5) is 8.70. The SMILES string of the molecule is Fc1cccc(Nc2nc3nc4cc(Cl)ccc4n3[nH]2)c1. The van der Waals surface area contributed by atoms with E-state index in [9.17, 15) is 4.39 Å². The number of aromatic nitrogens is 4. The standard InChI is InChI=1S/C14H9ClFN5/c15-8-4-5-12-11(6-8)18-14-19-13(20-21(12)14)17-10-3-1-2-9(16)7-10/h1-7H,(H2,17,18,19,20). The highest BCUT2D eigenvalue weighted by atomic mass is 35.5. The molecule has 2 aromatic heterocycles. The van der Waals surface area contributed by atoms with Gasteiger partial charge in [-0.25, -0.2) is 13.9 Å². The van der Waals surface area contributed by atoms with Crippen molar-refractivity contribution in [1.29, 1.82) is 0 Å². The summed E-state index contributed by atoms with van der Waals surface area (Å²) >= 11 is 5.94. The number of imidazole rings is 1. The number of aromatic amines is 1. The minimum absolute atomic E-state index is 0.309. The van der Waals surface area contributed by atoms with Crippen LogP contribution in [-0.4, -0.2) is 19.6 Å². The first-order valence-corrected chi connectivity index (χ1v) is 6.63. The molecule has 5 nitrogen and oxygen atoms in total. The summed E-state index contributed by atoms with van der Waals surface area (Å²) in [5.41, 5.74) is 2.24. The van der Waals surface area contributed by atoms with E-state index < -0.39 is 0 Å². The van der Waals surface area contributed by atoms with Gasteiger partial charge in [-0.3, -0.25) is 5.10 Å². The normalized spacial score (nSPS) is 11.3. The van der Waals surface area contributed by atoms with Crippen LogP contribution in [-0.2, 0) is 0 Å². The fraction of sp³-hybridized carbons (Fsp3) is 0. The van der Waals surface area contributed by atoms with E-state index in [1.165, 1.54) is 12.1 Å². The molecule has 0 radical (unpaired) electrons. The second-order valence-electron chi connectivity index (χ2n) is 4.59. The molecule has 7 heteroatoms. The van der Waals surface area contributed by atoms with Gasteiger partial charge in [0.2, 0.25) is 5.95 Å². The third-order valence-corrected chi connectivity index (χ3v) is 3.35. The van der Waals surface area contributed by atoms with Gasteiger partial charge in [0.1, 0.15) is 5.82 Å². The molecule has 0 bridgehead atoms. The van der Waals surface area contributed by atoms with Crippen molar-refractivity contribution in [2.45, 2.75) is 0 Å². The Hall–Kier alpha value is -2.60. The quantitative estimate of drug-likeness (QED) is 0.593. The van der Waals surface area contributed by atoms with Gasteiger partial charge in [-0.15, -0.1) is 0 Å². The molecule has 0 fully saturated rings. The van der Waals surface area contributed by atoms with E-state index in [0.717, 1.165) is 11.0 Å². The number of hydrogen-bond acceptors (Lipinski definition) is 3. The number of nitrogens with zero attached hydrogens (tertiary/aromatic N) is 3. The number of anilines is 2. The predicted molar refractivity (Wildman–Crippen MR) is 79.5 cm³/mol. The van der Waals surface area contributed by atoms with Gasteiger partial charge in [0.25, 0.3) is 5.78 Å². The minimum atomic E-state index is -0.309. The van der Waals surface area contributed by atoms with Crippen LogP contribution in [0.25, 0.3) is 16.8 Å². The highest BCUT2D eigenvalue weighted by molar-refractivity contribution is 6.31. The molecule has 0 aliphatic carbocycles. The molecule has 104 valence electrons. The van der Waals surface area contributed by atoms with E-state index in [1.54, 1.807) is 28.8 Å². The first-order chi connectivity index (χ1) is 10.2. The summed E-state index contributed by atoms with van der Waals surface area (Å²) in [7, 11) is 0. The molecule has 2 aromatic carbocycles. The van der Waals surface area contributed by atoms with Crippen molar-refractivity contribution in [3.8, 4) is 0 Å². The molecule has 2 N–H and O–H groups in total.